The topological polar surface area (TPSA) is 55.2 Å². The van der Waals surface area contributed by atoms with E-state index in [1.807, 2.05) is 36.1 Å². The van der Waals surface area contributed by atoms with Gasteiger partial charge in [-0.2, -0.15) is 4.98 Å². The van der Waals surface area contributed by atoms with Crippen molar-refractivity contribution in [3.8, 4) is 0 Å². The molecule has 0 bridgehead atoms. The molecule has 1 aliphatic heterocycles. The number of aryl methyl sites for hydroxylation is 2. The fraction of sp³-hybridized carbons (Fsp3) is 0.389. The molecule has 5 nitrogen and oxygen atoms in total. The van der Waals surface area contributed by atoms with E-state index in [-0.39, 0.29) is 11.6 Å². The van der Waals surface area contributed by atoms with Crippen LogP contribution in [0, 0.1) is 13.8 Å². The lowest BCUT2D eigenvalue weighted by Gasteiger charge is -2.29. The van der Waals surface area contributed by atoms with Crippen molar-refractivity contribution in [2.24, 2.45) is 0 Å². The minimum Gasteiger partial charge on any atom is -0.338 e. The summed E-state index contributed by atoms with van der Waals surface area (Å²) in [4.78, 5) is 30.2. The molecule has 2 heterocycles. The Kier molecular flexibility index (Phi) is 4.71. The van der Waals surface area contributed by atoms with E-state index in [1.165, 1.54) is 0 Å². The van der Waals surface area contributed by atoms with Crippen LogP contribution < -0.4 is 5.69 Å². The summed E-state index contributed by atoms with van der Waals surface area (Å²) < 4.78 is 1.56. The van der Waals surface area contributed by atoms with Crippen LogP contribution in [0.15, 0.2) is 29.1 Å². The normalized spacial score (nSPS) is 13.7. The number of aromatic nitrogens is 2. The standard InChI is InChI=1S/C18H20ClN3O2/c1-12-10-13(2)22(18(24)20-12)9-7-17(23)21-8-6-15-14(11-21)4-3-5-16(15)19/h3-5,10H,6-9,11H2,1-2H3. The van der Waals surface area contributed by atoms with Crippen LogP contribution in [-0.4, -0.2) is 26.9 Å². The van der Waals surface area contributed by atoms with Crippen LogP contribution >= 0.6 is 11.6 Å². The maximum absolute atomic E-state index is 12.5. The Morgan fingerprint density at radius 1 is 1.33 bits per heavy atom. The molecule has 0 radical (unpaired) electrons. The van der Waals surface area contributed by atoms with E-state index in [9.17, 15) is 9.59 Å². The average molecular weight is 346 g/mol. The molecule has 0 saturated carbocycles. The molecule has 0 fully saturated rings. The summed E-state index contributed by atoms with van der Waals surface area (Å²) in [5.41, 5.74) is 3.47. The molecule has 1 aromatic heterocycles. The Morgan fingerprint density at radius 3 is 2.88 bits per heavy atom. The largest absolute Gasteiger partial charge is 0.347 e. The zero-order valence-corrected chi connectivity index (χ0v) is 14.6. The highest BCUT2D eigenvalue weighted by molar-refractivity contribution is 6.31. The lowest BCUT2D eigenvalue weighted by atomic mass is 9.99. The molecule has 6 heteroatoms. The first-order valence-corrected chi connectivity index (χ1v) is 8.42. The van der Waals surface area contributed by atoms with Crippen molar-refractivity contribution in [1.82, 2.24) is 14.5 Å². The molecule has 0 unspecified atom stereocenters. The van der Waals surface area contributed by atoms with Gasteiger partial charge in [0.15, 0.2) is 0 Å². The van der Waals surface area contributed by atoms with Crippen LogP contribution in [0.4, 0.5) is 0 Å². The first-order chi connectivity index (χ1) is 11.5. The molecule has 0 aliphatic carbocycles. The molecular formula is C18H20ClN3O2. The molecule has 1 aromatic carbocycles. The van der Waals surface area contributed by atoms with E-state index in [0.29, 0.717) is 31.7 Å². The summed E-state index contributed by atoms with van der Waals surface area (Å²) in [6.45, 7) is 5.25. The molecule has 126 valence electrons. The van der Waals surface area contributed by atoms with Crippen molar-refractivity contribution in [3.05, 3.63) is 62.3 Å². The van der Waals surface area contributed by atoms with Crippen molar-refractivity contribution in [1.29, 1.82) is 0 Å². The fourth-order valence-corrected chi connectivity index (χ4v) is 3.48. The molecular weight excluding hydrogens is 326 g/mol. The maximum Gasteiger partial charge on any atom is 0.347 e. The first-order valence-electron chi connectivity index (χ1n) is 8.05. The number of amides is 1. The predicted octanol–water partition coefficient (Wildman–Crippen LogP) is 2.49. The smallest absolute Gasteiger partial charge is 0.338 e. The molecule has 3 rings (SSSR count). The second kappa shape index (κ2) is 6.77. The van der Waals surface area contributed by atoms with Gasteiger partial charge in [0.05, 0.1) is 0 Å². The third-order valence-electron chi connectivity index (χ3n) is 4.46. The highest BCUT2D eigenvalue weighted by Crippen LogP contribution is 2.26. The predicted molar refractivity (Wildman–Crippen MR) is 93.2 cm³/mol. The van der Waals surface area contributed by atoms with E-state index in [4.69, 9.17) is 11.6 Å². The molecule has 1 amide bonds. The van der Waals surface area contributed by atoms with Crippen molar-refractivity contribution >= 4 is 17.5 Å². The van der Waals surface area contributed by atoms with Gasteiger partial charge >= 0.3 is 5.69 Å². The van der Waals surface area contributed by atoms with E-state index < -0.39 is 0 Å². The Balaban J connectivity index is 1.68. The van der Waals surface area contributed by atoms with Gasteiger partial charge in [0, 0.05) is 42.5 Å². The Bertz CT molecular complexity index is 845. The highest BCUT2D eigenvalue weighted by atomic mass is 35.5. The van der Waals surface area contributed by atoms with Crippen molar-refractivity contribution in [3.63, 3.8) is 0 Å². The molecule has 24 heavy (non-hydrogen) atoms. The number of hydrogen-bond donors (Lipinski definition) is 0. The van der Waals surface area contributed by atoms with Gasteiger partial charge in [0.25, 0.3) is 0 Å². The lowest BCUT2D eigenvalue weighted by molar-refractivity contribution is -0.132. The quantitative estimate of drug-likeness (QED) is 0.858. The van der Waals surface area contributed by atoms with Crippen LogP contribution in [0.2, 0.25) is 5.02 Å². The van der Waals surface area contributed by atoms with Gasteiger partial charge in [-0.05, 0) is 43.5 Å². The van der Waals surface area contributed by atoms with Gasteiger partial charge < -0.3 is 4.90 Å². The number of carbonyl (C=O) groups excluding carboxylic acids is 1. The number of rotatable bonds is 3. The van der Waals surface area contributed by atoms with Gasteiger partial charge in [0.1, 0.15) is 0 Å². The summed E-state index contributed by atoms with van der Waals surface area (Å²) in [6, 6.07) is 7.66. The van der Waals surface area contributed by atoms with Gasteiger partial charge in [-0.25, -0.2) is 4.79 Å². The van der Waals surface area contributed by atoms with Gasteiger partial charge in [-0.15, -0.1) is 0 Å². The Labute approximate surface area is 145 Å². The van der Waals surface area contributed by atoms with E-state index in [2.05, 4.69) is 4.98 Å². The number of nitrogens with zero attached hydrogens (tertiary/aromatic N) is 3. The monoisotopic (exact) mass is 345 g/mol. The Morgan fingerprint density at radius 2 is 2.12 bits per heavy atom. The SMILES string of the molecule is Cc1cc(C)n(CCC(=O)N2CCc3c(Cl)cccc3C2)c(=O)n1. The summed E-state index contributed by atoms with van der Waals surface area (Å²) in [5.74, 6) is 0.0486. The molecule has 0 N–H and O–H groups in total. The highest BCUT2D eigenvalue weighted by Gasteiger charge is 2.22. The van der Waals surface area contributed by atoms with Crippen molar-refractivity contribution < 1.29 is 4.79 Å². The molecule has 0 saturated heterocycles. The van der Waals surface area contributed by atoms with Crippen LogP contribution in [0.5, 0.6) is 0 Å². The summed E-state index contributed by atoms with van der Waals surface area (Å²) >= 11 is 6.21. The third kappa shape index (κ3) is 3.36. The average Bonchev–Trinajstić information content (AvgIpc) is 2.53. The van der Waals surface area contributed by atoms with Gasteiger partial charge in [-0.3, -0.25) is 9.36 Å². The zero-order valence-electron chi connectivity index (χ0n) is 13.9. The molecule has 2 aromatic rings. The van der Waals surface area contributed by atoms with Crippen LogP contribution in [0.1, 0.15) is 28.9 Å². The number of halogens is 1. The number of benzene rings is 1. The number of fused-ring (bicyclic) bond motifs is 1. The number of hydrogen-bond acceptors (Lipinski definition) is 3. The third-order valence-corrected chi connectivity index (χ3v) is 4.81. The van der Waals surface area contributed by atoms with E-state index >= 15 is 0 Å². The minimum atomic E-state index is -0.295. The second-order valence-corrected chi connectivity index (χ2v) is 6.57. The first kappa shape index (κ1) is 16.7. The van der Waals surface area contributed by atoms with Gasteiger partial charge in [0.2, 0.25) is 5.91 Å². The summed E-state index contributed by atoms with van der Waals surface area (Å²) in [5, 5.41) is 0.771. The minimum absolute atomic E-state index is 0.0486. The van der Waals surface area contributed by atoms with E-state index in [0.717, 1.165) is 28.3 Å². The second-order valence-electron chi connectivity index (χ2n) is 6.17. The molecule has 0 atom stereocenters. The maximum atomic E-state index is 12.5. The summed E-state index contributed by atoms with van der Waals surface area (Å²) in [7, 11) is 0. The van der Waals surface area contributed by atoms with Crippen molar-refractivity contribution in [2.75, 3.05) is 6.54 Å². The van der Waals surface area contributed by atoms with Crippen LogP contribution in [0.3, 0.4) is 0 Å². The zero-order chi connectivity index (χ0) is 17.3. The number of carbonyl (C=O) groups is 1. The van der Waals surface area contributed by atoms with Crippen molar-refractivity contribution in [2.45, 2.75) is 39.8 Å². The van der Waals surface area contributed by atoms with Crippen LogP contribution in [0.25, 0.3) is 0 Å². The van der Waals surface area contributed by atoms with E-state index in [1.54, 1.807) is 11.5 Å². The molecule has 0 spiro atoms. The fourth-order valence-electron chi connectivity index (χ4n) is 3.19. The summed E-state index contributed by atoms with van der Waals surface area (Å²) in [6.07, 6.45) is 1.06. The Hall–Kier alpha value is -2.14. The van der Waals surface area contributed by atoms with Gasteiger partial charge in [-0.1, -0.05) is 23.7 Å². The molecule has 1 aliphatic rings. The van der Waals surface area contributed by atoms with Crippen LogP contribution in [-0.2, 0) is 24.3 Å². The lowest BCUT2D eigenvalue weighted by Crippen LogP contribution is -2.37.